The molecule has 31 heavy (non-hydrogen) atoms. The highest BCUT2D eigenvalue weighted by Crippen LogP contribution is 2.34. The summed E-state index contributed by atoms with van der Waals surface area (Å²) in [5.41, 5.74) is 5.21. The normalized spacial score (nSPS) is 14.4. The van der Waals surface area contributed by atoms with E-state index >= 15 is 0 Å². The van der Waals surface area contributed by atoms with Crippen LogP contribution in [0.25, 0.3) is 5.57 Å². The third-order valence-corrected chi connectivity index (χ3v) is 5.56. The largest absolute Gasteiger partial charge is 0.493 e. The van der Waals surface area contributed by atoms with Gasteiger partial charge in [0.2, 0.25) is 0 Å². The van der Waals surface area contributed by atoms with E-state index in [4.69, 9.17) is 9.47 Å². The Balaban J connectivity index is 0.00000166. The summed E-state index contributed by atoms with van der Waals surface area (Å²) >= 11 is 0. The van der Waals surface area contributed by atoms with Gasteiger partial charge in [0.25, 0.3) is 0 Å². The van der Waals surface area contributed by atoms with Gasteiger partial charge in [0, 0.05) is 14.5 Å². The Kier molecular flexibility index (Phi) is 10.7. The van der Waals surface area contributed by atoms with Crippen LogP contribution in [0.1, 0.15) is 71.0 Å². The third kappa shape index (κ3) is 7.74. The van der Waals surface area contributed by atoms with Crippen LogP contribution in [0.15, 0.2) is 48.5 Å². The topological polar surface area (TPSA) is 21.7 Å². The van der Waals surface area contributed by atoms with E-state index in [1.807, 2.05) is 19.9 Å². The van der Waals surface area contributed by atoms with Crippen LogP contribution in [0.3, 0.4) is 0 Å². The maximum Gasteiger partial charge on any atom is 0.162 e. The standard InChI is InChI=1S/C26H35NO2.C2H6.H2/c1-5-9-23(19-27(3)18-21-11-8-10-20(2)16-21)22-14-15-25(28-4)26(17-22)29-24-12-6-7-13-24;1-2;/h8-11,14-17,24H,5-7,12-13,18-19H2,1-4H3;1-2H3;1H/b23-9+;;. The predicted octanol–water partition coefficient (Wildman–Crippen LogP) is 7.52. The van der Waals surface area contributed by atoms with E-state index in [2.05, 4.69) is 68.3 Å². The van der Waals surface area contributed by atoms with E-state index in [0.717, 1.165) is 43.9 Å². The lowest BCUT2D eigenvalue weighted by Crippen LogP contribution is -2.20. The van der Waals surface area contributed by atoms with E-state index < -0.39 is 0 Å². The Bertz CT molecular complexity index is 828. The van der Waals surface area contributed by atoms with Crippen molar-refractivity contribution in [3.8, 4) is 11.5 Å². The molecule has 0 atom stereocenters. The number of methoxy groups -OCH3 is 1. The Morgan fingerprint density at radius 2 is 1.84 bits per heavy atom. The lowest BCUT2D eigenvalue weighted by molar-refractivity contribution is 0.200. The van der Waals surface area contributed by atoms with Crippen LogP contribution in [0, 0.1) is 6.92 Å². The zero-order valence-electron chi connectivity index (χ0n) is 20.4. The summed E-state index contributed by atoms with van der Waals surface area (Å²) in [5.74, 6) is 1.70. The minimum Gasteiger partial charge on any atom is -0.493 e. The number of nitrogens with zero attached hydrogens (tertiary/aromatic N) is 1. The molecule has 1 aliphatic rings. The molecule has 0 unspecified atom stereocenters. The zero-order chi connectivity index (χ0) is 22.6. The molecule has 2 aromatic carbocycles. The van der Waals surface area contributed by atoms with Gasteiger partial charge in [-0.2, -0.15) is 0 Å². The van der Waals surface area contributed by atoms with E-state index in [0.29, 0.717) is 6.10 Å². The number of ether oxygens (including phenoxy) is 2. The Morgan fingerprint density at radius 3 is 2.48 bits per heavy atom. The molecule has 1 saturated carbocycles. The number of hydrogen-bond acceptors (Lipinski definition) is 3. The molecule has 1 fully saturated rings. The Labute approximate surface area is 191 Å². The van der Waals surface area contributed by atoms with Gasteiger partial charge in [0.15, 0.2) is 11.5 Å². The predicted molar refractivity (Wildman–Crippen MR) is 135 cm³/mol. The van der Waals surface area contributed by atoms with Gasteiger partial charge in [-0.3, -0.25) is 4.90 Å². The summed E-state index contributed by atoms with van der Waals surface area (Å²) in [7, 11) is 3.90. The molecule has 172 valence electrons. The van der Waals surface area contributed by atoms with Crippen molar-refractivity contribution < 1.29 is 10.9 Å². The van der Waals surface area contributed by atoms with E-state index in [9.17, 15) is 0 Å². The summed E-state index contributed by atoms with van der Waals surface area (Å²) in [4.78, 5) is 2.37. The second-order valence-corrected chi connectivity index (χ2v) is 8.19. The van der Waals surface area contributed by atoms with Gasteiger partial charge in [-0.15, -0.1) is 0 Å². The highest BCUT2D eigenvalue weighted by Gasteiger charge is 2.19. The first-order chi connectivity index (χ1) is 15.1. The van der Waals surface area contributed by atoms with Crippen molar-refractivity contribution in [2.45, 2.75) is 72.4 Å². The highest BCUT2D eigenvalue weighted by atomic mass is 16.5. The molecule has 2 aromatic rings. The summed E-state index contributed by atoms with van der Waals surface area (Å²) in [6, 6.07) is 15.1. The lowest BCUT2D eigenvalue weighted by Gasteiger charge is -2.21. The first-order valence-corrected chi connectivity index (χ1v) is 11.9. The number of rotatable bonds is 9. The SMILES string of the molecule is CC.CC/C=C(\CN(C)Cc1cccc(C)c1)c1ccc(OC)c(OC2CCCC2)c1.[HH]. The molecule has 0 saturated heterocycles. The van der Waals surface area contributed by atoms with Crippen molar-refractivity contribution in [3.63, 3.8) is 0 Å². The number of aryl methyl sites for hydroxylation is 1. The summed E-state index contributed by atoms with van der Waals surface area (Å²) in [5, 5.41) is 0. The molecule has 3 nitrogen and oxygen atoms in total. The van der Waals surface area contributed by atoms with Crippen molar-refractivity contribution in [2.24, 2.45) is 0 Å². The fourth-order valence-electron chi connectivity index (χ4n) is 4.14. The molecule has 0 aliphatic heterocycles. The van der Waals surface area contributed by atoms with E-state index in [-0.39, 0.29) is 1.43 Å². The van der Waals surface area contributed by atoms with E-state index in [1.165, 1.54) is 35.1 Å². The third-order valence-electron chi connectivity index (χ3n) is 5.56. The maximum atomic E-state index is 6.31. The number of likely N-dealkylation sites (N-methyl/N-ethyl adjacent to an activating group) is 1. The molecular weight excluding hydrogens is 382 g/mol. The first-order valence-electron chi connectivity index (χ1n) is 11.9. The van der Waals surface area contributed by atoms with Crippen LogP contribution in [-0.2, 0) is 6.54 Å². The summed E-state index contributed by atoms with van der Waals surface area (Å²) < 4.78 is 11.9. The molecule has 3 rings (SSSR count). The van der Waals surface area contributed by atoms with Gasteiger partial charge in [-0.1, -0.05) is 62.7 Å². The molecule has 0 heterocycles. The molecule has 1 aliphatic carbocycles. The number of hydrogen-bond donors (Lipinski definition) is 0. The second kappa shape index (κ2) is 13.2. The molecule has 0 N–H and O–H groups in total. The summed E-state index contributed by atoms with van der Waals surface area (Å²) in [6.07, 6.45) is 8.47. The van der Waals surface area contributed by atoms with Gasteiger partial charge in [0.1, 0.15) is 0 Å². The van der Waals surface area contributed by atoms with Gasteiger partial charge in [0.05, 0.1) is 13.2 Å². The molecular formula is C28H43NO2. The van der Waals surface area contributed by atoms with Crippen LogP contribution in [0.2, 0.25) is 0 Å². The molecule has 0 bridgehead atoms. The van der Waals surface area contributed by atoms with Crippen molar-refractivity contribution in [2.75, 3.05) is 20.7 Å². The van der Waals surface area contributed by atoms with Gasteiger partial charge in [-0.05, 0) is 74.9 Å². The molecule has 0 radical (unpaired) electrons. The summed E-state index contributed by atoms with van der Waals surface area (Å²) in [6.45, 7) is 10.2. The van der Waals surface area contributed by atoms with Crippen molar-refractivity contribution in [1.29, 1.82) is 0 Å². The Hall–Kier alpha value is -2.26. The first kappa shape index (κ1) is 25.0. The van der Waals surface area contributed by atoms with Crippen LogP contribution in [0.5, 0.6) is 11.5 Å². The van der Waals surface area contributed by atoms with Gasteiger partial charge >= 0.3 is 0 Å². The molecule has 0 amide bonds. The zero-order valence-corrected chi connectivity index (χ0v) is 20.4. The van der Waals surface area contributed by atoms with Crippen LogP contribution in [0.4, 0.5) is 0 Å². The minimum absolute atomic E-state index is 0. The minimum atomic E-state index is 0. The average Bonchev–Trinajstić information content (AvgIpc) is 3.28. The number of allylic oxidation sites excluding steroid dienone is 1. The quantitative estimate of drug-likeness (QED) is 0.414. The lowest BCUT2D eigenvalue weighted by atomic mass is 10.0. The average molecular weight is 426 g/mol. The fourth-order valence-corrected chi connectivity index (χ4v) is 4.14. The molecule has 0 aromatic heterocycles. The van der Waals surface area contributed by atoms with Gasteiger partial charge in [-0.25, -0.2) is 0 Å². The van der Waals surface area contributed by atoms with Crippen LogP contribution in [-0.4, -0.2) is 31.7 Å². The monoisotopic (exact) mass is 425 g/mol. The van der Waals surface area contributed by atoms with Crippen molar-refractivity contribution in [1.82, 2.24) is 4.90 Å². The highest BCUT2D eigenvalue weighted by molar-refractivity contribution is 5.69. The van der Waals surface area contributed by atoms with Crippen molar-refractivity contribution >= 4 is 5.57 Å². The second-order valence-electron chi connectivity index (χ2n) is 8.19. The van der Waals surface area contributed by atoms with Crippen molar-refractivity contribution in [3.05, 3.63) is 65.2 Å². The smallest absolute Gasteiger partial charge is 0.162 e. The Morgan fingerprint density at radius 1 is 1.10 bits per heavy atom. The fraction of sp³-hybridized carbons (Fsp3) is 0.500. The maximum absolute atomic E-state index is 6.31. The molecule has 3 heteroatoms. The number of benzene rings is 2. The van der Waals surface area contributed by atoms with Crippen LogP contribution < -0.4 is 9.47 Å². The molecule has 0 spiro atoms. The van der Waals surface area contributed by atoms with Crippen LogP contribution >= 0.6 is 0 Å². The van der Waals surface area contributed by atoms with E-state index in [1.54, 1.807) is 7.11 Å². The van der Waals surface area contributed by atoms with Gasteiger partial charge < -0.3 is 9.47 Å².